The van der Waals surface area contributed by atoms with Gasteiger partial charge in [-0.25, -0.2) is 0 Å². The van der Waals surface area contributed by atoms with Gasteiger partial charge in [-0.05, 0) is 18.4 Å². The highest BCUT2D eigenvalue weighted by atomic mass is 16.2. The van der Waals surface area contributed by atoms with Crippen LogP contribution < -0.4 is 0 Å². The zero-order chi connectivity index (χ0) is 15.4. The zero-order valence-corrected chi connectivity index (χ0v) is 12.7. The standard InChI is InChI=1S/C19H21NO2/c21-18-16(11-7-10-15-8-3-1-4-9-15)14-20(19(18)22)17-12-5-2-6-13-17/h1,3-4,7-11,17H,2,5-6,12-14H2. The first-order valence-electron chi connectivity index (χ1n) is 8.03. The third-order valence-corrected chi connectivity index (χ3v) is 4.49. The molecule has 1 saturated carbocycles. The summed E-state index contributed by atoms with van der Waals surface area (Å²) in [5.41, 5.74) is 1.70. The third kappa shape index (κ3) is 3.19. The van der Waals surface area contributed by atoms with Crippen LogP contribution in [0, 0.1) is 0 Å². The summed E-state index contributed by atoms with van der Waals surface area (Å²) in [6.07, 6.45) is 11.2. The van der Waals surface area contributed by atoms with Crippen molar-refractivity contribution in [1.29, 1.82) is 0 Å². The van der Waals surface area contributed by atoms with E-state index in [0.29, 0.717) is 12.1 Å². The van der Waals surface area contributed by atoms with Crippen LogP contribution in [0.15, 0.2) is 48.1 Å². The molecule has 1 aromatic carbocycles. The SMILES string of the molecule is O=C1C(=O)N(C2CCCCC2)CC1=CC=Cc1ccccc1. The number of benzene rings is 1. The summed E-state index contributed by atoms with van der Waals surface area (Å²) in [7, 11) is 0. The van der Waals surface area contributed by atoms with Crippen LogP contribution in [0.3, 0.4) is 0 Å². The lowest BCUT2D eigenvalue weighted by atomic mass is 9.94. The van der Waals surface area contributed by atoms with Gasteiger partial charge in [0.1, 0.15) is 0 Å². The predicted molar refractivity (Wildman–Crippen MR) is 87.2 cm³/mol. The molecule has 1 saturated heterocycles. The molecule has 0 unspecified atom stereocenters. The van der Waals surface area contributed by atoms with Crippen molar-refractivity contribution in [3.63, 3.8) is 0 Å². The second kappa shape index (κ2) is 6.73. The van der Waals surface area contributed by atoms with Gasteiger partial charge in [0.15, 0.2) is 0 Å². The lowest BCUT2D eigenvalue weighted by molar-refractivity contribution is -0.140. The Kier molecular flexibility index (Phi) is 4.52. The minimum Gasteiger partial charge on any atom is -0.328 e. The van der Waals surface area contributed by atoms with Crippen molar-refractivity contribution in [2.24, 2.45) is 0 Å². The Balaban J connectivity index is 1.69. The minimum atomic E-state index is -0.330. The average Bonchev–Trinajstić information content (AvgIpc) is 2.85. The highest BCUT2D eigenvalue weighted by Crippen LogP contribution is 2.27. The van der Waals surface area contributed by atoms with E-state index in [1.165, 1.54) is 6.42 Å². The highest BCUT2D eigenvalue weighted by molar-refractivity contribution is 6.45. The topological polar surface area (TPSA) is 37.4 Å². The van der Waals surface area contributed by atoms with Crippen molar-refractivity contribution in [1.82, 2.24) is 4.90 Å². The molecule has 2 aliphatic rings. The van der Waals surface area contributed by atoms with Crippen LogP contribution in [-0.4, -0.2) is 29.2 Å². The first-order valence-corrected chi connectivity index (χ1v) is 8.03. The van der Waals surface area contributed by atoms with Gasteiger partial charge in [0, 0.05) is 11.6 Å². The molecule has 0 aromatic heterocycles. The molecule has 2 fully saturated rings. The molecule has 114 valence electrons. The van der Waals surface area contributed by atoms with Crippen LogP contribution in [0.5, 0.6) is 0 Å². The molecular weight excluding hydrogens is 274 g/mol. The summed E-state index contributed by atoms with van der Waals surface area (Å²) < 4.78 is 0. The number of carbonyl (C=O) groups is 2. The number of rotatable bonds is 3. The van der Waals surface area contributed by atoms with Crippen LogP contribution in [0.2, 0.25) is 0 Å². The average molecular weight is 295 g/mol. The van der Waals surface area contributed by atoms with Gasteiger partial charge in [-0.2, -0.15) is 0 Å². The quantitative estimate of drug-likeness (QED) is 0.633. The maximum atomic E-state index is 12.2. The number of amides is 1. The van der Waals surface area contributed by atoms with E-state index in [1.54, 1.807) is 11.0 Å². The Morgan fingerprint density at radius 3 is 2.45 bits per heavy atom. The molecule has 1 aromatic rings. The molecular formula is C19H21NO2. The van der Waals surface area contributed by atoms with Gasteiger partial charge < -0.3 is 4.90 Å². The van der Waals surface area contributed by atoms with E-state index >= 15 is 0 Å². The van der Waals surface area contributed by atoms with E-state index in [2.05, 4.69) is 0 Å². The second-order valence-electron chi connectivity index (χ2n) is 6.02. The van der Waals surface area contributed by atoms with Crippen molar-refractivity contribution in [3.8, 4) is 0 Å². The van der Waals surface area contributed by atoms with E-state index in [-0.39, 0.29) is 17.7 Å². The fourth-order valence-electron chi connectivity index (χ4n) is 3.25. The van der Waals surface area contributed by atoms with Gasteiger partial charge in [0.2, 0.25) is 5.78 Å². The smallest absolute Gasteiger partial charge is 0.295 e. The van der Waals surface area contributed by atoms with E-state index in [4.69, 9.17) is 0 Å². The predicted octanol–water partition coefficient (Wildman–Crippen LogP) is 3.37. The lowest BCUT2D eigenvalue weighted by Crippen LogP contribution is -2.38. The summed E-state index contributed by atoms with van der Waals surface area (Å²) in [4.78, 5) is 26.0. The fourth-order valence-corrected chi connectivity index (χ4v) is 3.25. The Labute approximate surface area is 131 Å². The number of likely N-dealkylation sites (tertiary alicyclic amines) is 1. The molecule has 1 amide bonds. The van der Waals surface area contributed by atoms with Gasteiger partial charge in [0.05, 0.1) is 6.54 Å². The van der Waals surface area contributed by atoms with Crippen LogP contribution >= 0.6 is 0 Å². The summed E-state index contributed by atoms with van der Waals surface area (Å²) in [6, 6.07) is 10.2. The molecule has 0 N–H and O–H groups in total. The molecule has 1 aliphatic carbocycles. The molecule has 0 spiro atoms. The second-order valence-corrected chi connectivity index (χ2v) is 6.02. The first kappa shape index (κ1) is 14.8. The summed E-state index contributed by atoms with van der Waals surface area (Å²) in [5.74, 6) is -0.644. The number of nitrogens with zero attached hydrogens (tertiary/aromatic N) is 1. The van der Waals surface area contributed by atoms with Gasteiger partial charge in [-0.15, -0.1) is 0 Å². The fraction of sp³-hybridized carbons (Fsp3) is 0.368. The lowest BCUT2D eigenvalue weighted by Gasteiger charge is -2.30. The third-order valence-electron chi connectivity index (χ3n) is 4.49. The molecule has 0 radical (unpaired) electrons. The Morgan fingerprint density at radius 2 is 1.73 bits per heavy atom. The summed E-state index contributed by atoms with van der Waals surface area (Å²) in [5, 5.41) is 0. The van der Waals surface area contributed by atoms with Gasteiger partial charge in [-0.3, -0.25) is 9.59 Å². The van der Waals surface area contributed by atoms with Gasteiger partial charge >= 0.3 is 0 Å². The number of allylic oxidation sites excluding steroid dienone is 2. The van der Waals surface area contributed by atoms with Crippen LogP contribution in [-0.2, 0) is 9.59 Å². The Morgan fingerprint density at radius 1 is 1.00 bits per heavy atom. The summed E-state index contributed by atoms with van der Waals surface area (Å²) >= 11 is 0. The largest absolute Gasteiger partial charge is 0.328 e. The van der Waals surface area contributed by atoms with Crippen LogP contribution in [0.25, 0.3) is 6.08 Å². The molecule has 3 nitrogen and oxygen atoms in total. The molecule has 1 heterocycles. The summed E-state index contributed by atoms with van der Waals surface area (Å²) in [6.45, 7) is 0.474. The molecule has 0 atom stereocenters. The zero-order valence-electron chi connectivity index (χ0n) is 12.7. The first-order chi connectivity index (χ1) is 10.8. The molecule has 3 heteroatoms. The van der Waals surface area contributed by atoms with Crippen molar-refractivity contribution < 1.29 is 9.59 Å². The Bertz CT molecular complexity index is 610. The van der Waals surface area contributed by atoms with E-state index < -0.39 is 0 Å². The van der Waals surface area contributed by atoms with Crippen LogP contribution in [0.1, 0.15) is 37.7 Å². The molecule has 0 bridgehead atoms. The molecule has 3 rings (SSSR count). The maximum Gasteiger partial charge on any atom is 0.295 e. The number of carbonyl (C=O) groups excluding carboxylic acids is 2. The van der Waals surface area contributed by atoms with Crippen molar-refractivity contribution in [2.45, 2.75) is 38.1 Å². The number of Topliss-reactive ketones (excluding diaryl/α,β-unsaturated/α-hetero) is 1. The van der Waals surface area contributed by atoms with E-state index in [1.807, 2.05) is 42.5 Å². The molecule has 1 aliphatic heterocycles. The molecule has 22 heavy (non-hydrogen) atoms. The van der Waals surface area contributed by atoms with E-state index in [9.17, 15) is 9.59 Å². The number of ketones is 1. The van der Waals surface area contributed by atoms with Crippen molar-refractivity contribution in [2.75, 3.05) is 6.54 Å². The maximum absolute atomic E-state index is 12.2. The van der Waals surface area contributed by atoms with Gasteiger partial charge in [-0.1, -0.05) is 67.8 Å². The van der Waals surface area contributed by atoms with Gasteiger partial charge in [0.25, 0.3) is 5.91 Å². The number of hydrogen-bond acceptors (Lipinski definition) is 2. The van der Waals surface area contributed by atoms with Crippen LogP contribution in [0.4, 0.5) is 0 Å². The number of hydrogen-bond donors (Lipinski definition) is 0. The minimum absolute atomic E-state index is 0.259. The Hall–Kier alpha value is -2.16. The van der Waals surface area contributed by atoms with Crippen molar-refractivity contribution in [3.05, 3.63) is 53.6 Å². The van der Waals surface area contributed by atoms with Crippen molar-refractivity contribution >= 4 is 17.8 Å². The normalized spacial score (nSPS) is 22.2. The monoisotopic (exact) mass is 295 g/mol. The van der Waals surface area contributed by atoms with E-state index in [0.717, 1.165) is 31.2 Å². The highest BCUT2D eigenvalue weighted by Gasteiger charge is 2.38.